The molecule has 1 heterocycles. The summed E-state index contributed by atoms with van der Waals surface area (Å²) < 4.78 is 0. The van der Waals surface area contributed by atoms with E-state index in [1.54, 1.807) is 0 Å². The molecule has 0 aromatic heterocycles. The zero-order valence-electron chi connectivity index (χ0n) is 11.3. The molecule has 0 spiro atoms. The smallest absolute Gasteiger partial charge is 0.00510 e. The van der Waals surface area contributed by atoms with Crippen LogP contribution in [-0.4, -0.2) is 37.1 Å². The van der Waals surface area contributed by atoms with Crippen molar-refractivity contribution in [3.63, 3.8) is 0 Å². The predicted molar refractivity (Wildman–Crippen MR) is 69.6 cm³/mol. The van der Waals surface area contributed by atoms with E-state index in [-0.39, 0.29) is 0 Å². The molecule has 2 atom stereocenters. The first-order chi connectivity index (χ1) is 7.63. The third-order valence-electron chi connectivity index (χ3n) is 4.53. The van der Waals surface area contributed by atoms with Crippen LogP contribution >= 0.6 is 0 Å². The van der Waals surface area contributed by atoms with E-state index in [1.165, 1.54) is 51.9 Å². The number of rotatable bonds is 3. The Morgan fingerprint density at radius 2 is 2.06 bits per heavy atom. The van der Waals surface area contributed by atoms with Gasteiger partial charge in [-0.3, -0.25) is 0 Å². The van der Waals surface area contributed by atoms with Crippen LogP contribution in [0, 0.1) is 11.3 Å². The van der Waals surface area contributed by atoms with Gasteiger partial charge in [-0.05, 0) is 57.0 Å². The van der Waals surface area contributed by atoms with Gasteiger partial charge in [-0.25, -0.2) is 0 Å². The summed E-state index contributed by atoms with van der Waals surface area (Å²) in [5.74, 6) is 0.801. The summed E-state index contributed by atoms with van der Waals surface area (Å²) >= 11 is 0. The topological polar surface area (TPSA) is 15.3 Å². The van der Waals surface area contributed by atoms with Crippen molar-refractivity contribution in [2.24, 2.45) is 11.3 Å². The first kappa shape index (κ1) is 12.4. The van der Waals surface area contributed by atoms with Crippen LogP contribution in [0.5, 0.6) is 0 Å². The summed E-state index contributed by atoms with van der Waals surface area (Å²) in [6, 6.07) is 0.696. The molecule has 94 valence electrons. The molecule has 2 fully saturated rings. The normalized spacial score (nSPS) is 35.4. The summed E-state index contributed by atoms with van der Waals surface area (Å²) in [5.41, 5.74) is 0.718. The van der Waals surface area contributed by atoms with Crippen molar-refractivity contribution in [1.29, 1.82) is 0 Å². The lowest BCUT2D eigenvalue weighted by molar-refractivity contribution is 0.166. The Balaban J connectivity index is 1.86. The van der Waals surface area contributed by atoms with Crippen molar-refractivity contribution in [2.45, 2.75) is 52.5 Å². The Bertz CT molecular complexity index is 223. The predicted octanol–water partition coefficient (Wildman–Crippen LogP) is 2.50. The molecule has 2 heteroatoms. The minimum atomic E-state index is 0.696. The van der Waals surface area contributed by atoms with Gasteiger partial charge in [-0.2, -0.15) is 0 Å². The molecule has 2 unspecified atom stereocenters. The van der Waals surface area contributed by atoms with Crippen LogP contribution < -0.4 is 5.32 Å². The lowest BCUT2D eigenvalue weighted by atomic mass is 10.0. The van der Waals surface area contributed by atoms with E-state index in [0.29, 0.717) is 6.04 Å². The van der Waals surface area contributed by atoms with E-state index in [1.807, 2.05) is 0 Å². The Morgan fingerprint density at radius 3 is 2.69 bits per heavy atom. The molecule has 0 aromatic rings. The summed E-state index contributed by atoms with van der Waals surface area (Å²) in [6.45, 7) is 12.2. The SMILES string of the molecule is CCC1(CN2CCC(C)NCC(C)C2)CC1. The van der Waals surface area contributed by atoms with Gasteiger partial charge in [0.2, 0.25) is 0 Å². The Morgan fingerprint density at radius 1 is 1.31 bits per heavy atom. The Hall–Kier alpha value is -0.0800. The van der Waals surface area contributed by atoms with Gasteiger partial charge in [0.1, 0.15) is 0 Å². The highest BCUT2D eigenvalue weighted by Crippen LogP contribution is 2.49. The van der Waals surface area contributed by atoms with Gasteiger partial charge in [0, 0.05) is 19.1 Å². The quantitative estimate of drug-likeness (QED) is 0.792. The number of nitrogens with zero attached hydrogens (tertiary/aromatic N) is 1. The number of hydrogen-bond acceptors (Lipinski definition) is 2. The molecule has 0 amide bonds. The average molecular weight is 224 g/mol. The van der Waals surface area contributed by atoms with E-state index >= 15 is 0 Å². The lowest BCUT2D eigenvalue weighted by Crippen LogP contribution is -2.44. The fraction of sp³-hybridized carbons (Fsp3) is 1.00. The first-order valence-corrected chi connectivity index (χ1v) is 7.09. The van der Waals surface area contributed by atoms with Crippen LogP contribution in [-0.2, 0) is 0 Å². The second-order valence-corrected chi connectivity index (χ2v) is 6.29. The molecule has 2 nitrogen and oxygen atoms in total. The Labute approximate surface area is 101 Å². The molecule has 1 aliphatic heterocycles. The van der Waals surface area contributed by atoms with Crippen LogP contribution in [0.25, 0.3) is 0 Å². The lowest BCUT2D eigenvalue weighted by Gasteiger charge is -2.33. The standard InChI is InChI=1S/C14H28N2/c1-4-14(6-7-14)11-16-8-5-13(3)15-9-12(2)10-16/h12-13,15H,4-11H2,1-3H3. The summed E-state index contributed by atoms with van der Waals surface area (Å²) in [6.07, 6.45) is 5.64. The summed E-state index contributed by atoms with van der Waals surface area (Å²) in [5, 5.41) is 3.62. The van der Waals surface area contributed by atoms with Gasteiger partial charge in [-0.15, -0.1) is 0 Å². The molecular formula is C14H28N2. The second kappa shape index (κ2) is 5.05. The highest BCUT2D eigenvalue weighted by atomic mass is 15.1. The molecular weight excluding hydrogens is 196 g/mol. The third-order valence-corrected chi connectivity index (χ3v) is 4.53. The van der Waals surface area contributed by atoms with Crippen LogP contribution in [0.3, 0.4) is 0 Å². The summed E-state index contributed by atoms with van der Waals surface area (Å²) in [7, 11) is 0. The van der Waals surface area contributed by atoms with Crippen molar-refractivity contribution in [3.05, 3.63) is 0 Å². The van der Waals surface area contributed by atoms with Gasteiger partial charge >= 0.3 is 0 Å². The van der Waals surface area contributed by atoms with E-state index in [4.69, 9.17) is 0 Å². The van der Waals surface area contributed by atoms with E-state index in [9.17, 15) is 0 Å². The maximum atomic E-state index is 3.62. The van der Waals surface area contributed by atoms with Gasteiger partial charge < -0.3 is 10.2 Å². The molecule has 2 rings (SSSR count). The fourth-order valence-electron chi connectivity index (χ4n) is 2.90. The third kappa shape index (κ3) is 3.21. The van der Waals surface area contributed by atoms with Crippen molar-refractivity contribution in [3.8, 4) is 0 Å². The number of nitrogens with one attached hydrogen (secondary N) is 1. The van der Waals surface area contributed by atoms with Gasteiger partial charge in [0.05, 0.1) is 0 Å². The van der Waals surface area contributed by atoms with Crippen molar-refractivity contribution in [1.82, 2.24) is 10.2 Å². The highest BCUT2D eigenvalue weighted by Gasteiger charge is 2.41. The zero-order chi connectivity index (χ0) is 11.6. The monoisotopic (exact) mass is 224 g/mol. The van der Waals surface area contributed by atoms with Crippen LogP contribution in [0.15, 0.2) is 0 Å². The minimum Gasteiger partial charge on any atom is -0.314 e. The van der Waals surface area contributed by atoms with Crippen molar-refractivity contribution in [2.75, 3.05) is 26.2 Å². The minimum absolute atomic E-state index is 0.696. The number of hydrogen-bond donors (Lipinski definition) is 1. The first-order valence-electron chi connectivity index (χ1n) is 7.09. The van der Waals surface area contributed by atoms with Crippen molar-refractivity contribution >= 4 is 0 Å². The molecule has 1 saturated carbocycles. The van der Waals surface area contributed by atoms with Crippen LogP contribution in [0.2, 0.25) is 0 Å². The van der Waals surface area contributed by atoms with Gasteiger partial charge in [0.25, 0.3) is 0 Å². The molecule has 0 bridgehead atoms. The van der Waals surface area contributed by atoms with Gasteiger partial charge in [-0.1, -0.05) is 13.8 Å². The Kier molecular flexibility index (Phi) is 3.91. The zero-order valence-corrected chi connectivity index (χ0v) is 11.3. The molecule has 0 radical (unpaired) electrons. The van der Waals surface area contributed by atoms with Crippen LogP contribution in [0.1, 0.15) is 46.5 Å². The highest BCUT2D eigenvalue weighted by molar-refractivity contribution is 4.94. The molecule has 2 aliphatic rings. The van der Waals surface area contributed by atoms with Crippen LogP contribution in [0.4, 0.5) is 0 Å². The maximum absolute atomic E-state index is 3.62. The van der Waals surface area contributed by atoms with E-state index in [2.05, 4.69) is 31.0 Å². The molecule has 1 saturated heterocycles. The molecule has 0 aromatic carbocycles. The van der Waals surface area contributed by atoms with E-state index in [0.717, 1.165) is 11.3 Å². The van der Waals surface area contributed by atoms with Gasteiger partial charge in [0.15, 0.2) is 0 Å². The largest absolute Gasteiger partial charge is 0.314 e. The van der Waals surface area contributed by atoms with E-state index < -0.39 is 0 Å². The fourth-order valence-corrected chi connectivity index (χ4v) is 2.90. The van der Waals surface area contributed by atoms with Crippen molar-refractivity contribution < 1.29 is 0 Å². The molecule has 1 aliphatic carbocycles. The second-order valence-electron chi connectivity index (χ2n) is 6.29. The molecule has 1 N–H and O–H groups in total. The molecule has 16 heavy (non-hydrogen) atoms. The average Bonchev–Trinajstić information content (AvgIpc) is 3.02. The summed E-state index contributed by atoms with van der Waals surface area (Å²) in [4.78, 5) is 2.73. The maximum Gasteiger partial charge on any atom is 0.00510 e.